The zero-order valence-electron chi connectivity index (χ0n) is 13.3. The maximum absolute atomic E-state index is 12.4. The minimum atomic E-state index is -3.01. The van der Waals surface area contributed by atoms with Crippen molar-refractivity contribution in [3.63, 3.8) is 0 Å². The molecule has 0 radical (unpaired) electrons. The average Bonchev–Trinajstić information content (AvgIpc) is 2.69. The lowest BCUT2D eigenvalue weighted by atomic mass is 9.99. The second kappa shape index (κ2) is 6.22. The highest BCUT2D eigenvalue weighted by Gasteiger charge is 2.56. The minimum Gasteiger partial charge on any atom is -0.394 e. The van der Waals surface area contributed by atoms with E-state index >= 15 is 0 Å². The molecule has 0 saturated carbocycles. The molecule has 2 heterocycles. The number of nitrogens with zero attached hydrogens (tertiary/aromatic N) is 1. The van der Waals surface area contributed by atoms with E-state index in [2.05, 4.69) is 5.92 Å². The number of ether oxygens (including phenoxy) is 1. The van der Waals surface area contributed by atoms with Gasteiger partial charge in [-0.2, -0.15) is 0 Å². The first-order chi connectivity index (χ1) is 11.0. The van der Waals surface area contributed by atoms with Gasteiger partial charge < -0.3 is 14.9 Å². The zero-order valence-corrected chi connectivity index (χ0v) is 12.1. The lowest BCUT2D eigenvalue weighted by Gasteiger charge is -2.26. The van der Waals surface area contributed by atoms with Crippen LogP contribution in [-0.2, 0) is 4.74 Å². The molecule has 1 aliphatic rings. The summed E-state index contributed by atoms with van der Waals surface area (Å²) in [7, 11) is 0. The molecule has 4 atom stereocenters. The Morgan fingerprint density at radius 1 is 1.68 bits per heavy atom. The maximum Gasteiger partial charge on any atom is 0.330 e. The normalized spacial score (nSPS) is 32.9. The number of halogens is 2. The molecule has 0 bridgehead atoms. The Bertz CT molecular complexity index is 812. The summed E-state index contributed by atoms with van der Waals surface area (Å²) in [5, 5.41) is 19.8. The second-order valence-corrected chi connectivity index (χ2v) is 5.26. The Hall–Kier alpha value is -1.66. The number of hydrogen-bond donors (Lipinski definition) is 3. The maximum atomic E-state index is 12.4. The van der Waals surface area contributed by atoms with E-state index in [1.165, 1.54) is 6.92 Å². The fraction of sp³-hybridized carbons (Fsp3) is 0.538. The number of aliphatic hydroxyl groups excluding tert-OH is 1. The lowest BCUT2D eigenvalue weighted by Crippen LogP contribution is -2.45. The third-order valence-electron chi connectivity index (χ3n) is 3.23. The van der Waals surface area contributed by atoms with Gasteiger partial charge in [-0.25, -0.2) is 9.18 Å². The van der Waals surface area contributed by atoms with Crippen molar-refractivity contribution in [1.29, 1.82) is 0 Å². The van der Waals surface area contributed by atoms with Crippen molar-refractivity contribution in [2.45, 2.75) is 30.2 Å². The van der Waals surface area contributed by atoms with Crippen LogP contribution >= 0.6 is 11.6 Å². The van der Waals surface area contributed by atoms with Gasteiger partial charge in [-0.1, -0.05) is 23.4 Å². The number of rotatable bonds is 2. The first kappa shape index (κ1) is 14.0. The predicted molar refractivity (Wildman–Crippen MR) is 75.4 cm³/mol. The van der Waals surface area contributed by atoms with Gasteiger partial charge in [0, 0.05) is 11.8 Å². The zero-order chi connectivity index (χ0) is 18.3. The largest absolute Gasteiger partial charge is 0.394 e. The number of hydrogen-bond acceptors (Lipinski definition) is 5. The van der Waals surface area contributed by atoms with Crippen molar-refractivity contribution >= 4 is 11.6 Å². The number of aromatic nitrogens is 2. The first-order valence-corrected chi connectivity index (χ1v) is 6.53. The molecule has 22 heavy (non-hydrogen) atoms. The molecule has 1 aliphatic heterocycles. The van der Waals surface area contributed by atoms with Crippen LogP contribution in [0.1, 0.15) is 14.7 Å². The van der Waals surface area contributed by atoms with Gasteiger partial charge in [0.25, 0.3) is 5.56 Å². The highest BCUT2D eigenvalue weighted by molar-refractivity contribution is 6.27. The molecule has 1 saturated heterocycles. The molecule has 0 aliphatic carbocycles. The van der Waals surface area contributed by atoms with Crippen LogP contribution in [0.3, 0.4) is 0 Å². The summed E-state index contributed by atoms with van der Waals surface area (Å²) >= 11 is 6.24. The molecule has 0 amide bonds. The van der Waals surface area contributed by atoms with Gasteiger partial charge in [0.2, 0.25) is 0 Å². The Labute approximate surface area is 132 Å². The van der Waals surface area contributed by atoms with E-state index in [0.717, 1.165) is 10.6 Å². The summed E-state index contributed by atoms with van der Waals surface area (Å²) in [4.78, 5) is 23.3. The summed E-state index contributed by atoms with van der Waals surface area (Å²) in [6, 6.07) is 1.05. The highest BCUT2D eigenvalue weighted by atomic mass is 35.5. The van der Waals surface area contributed by atoms with Gasteiger partial charge in [0.05, 0.1) is 9.30 Å². The SMILES string of the molecule is [2H]C([2H])(O)[C@H]1O[C@@H](n2c(C)cc(=O)[nH]c2=O)C(Cl)(C#CCF)[C@H]1O. The Morgan fingerprint density at radius 2 is 2.36 bits per heavy atom. The van der Waals surface area contributed by atoms with Gasteiger partial charge in [-0.15, -0.1) is 0 Å². The Morgan fingerprint density at radius 3 is 2.91 bits per heavy atom. The molecule has 1 unspecified atom stereocenters. The Balaban J connectivity index is 2.66. The summed E-state index contributed by atoms with van der Waals surface area (Å²) in [6.07, 6.45) is -5.32. The van der Waals surface area contributed by atoms with Crippen LogP contribution in [0.15, 0.2) is 15.7 Å². The fourth-order valence-electron chi connectivity index (χ4n) is 2.25. The van der Waals surface area contributed by atoms with Crippen LogP contribution in [0.5, 0.6) is 0 Å². The minimum absolute atomic E-state index is 0.0900. The van der Waals surface area contributed by atoms with Crippen molar-refractivity contribution < 1.29 is 22.1 Å². The number of aliphatic hydroxyl groups is 2. The topological polar surface area (TPSA) is 105 Å². The van der Waals surface area contributed by atoms with E-state index in [1.54, 1.807) is 0 Å². The van der Waals surface area contributed by atoms with Crippen molar-refractivity contribution in [3.05, 3.63) is 32.6 Å². The van der Waals surface area contributed by atoms with Gasteiger partial charge >= 0.3 is 5.69 Å². The van der Waals surface area contributed by atoms with Crippen LogP contribution in [0, 0.1) is 18.8 Å². The second-order valence-electron chi connectivity index (χ2n) is 4.64. The number of aryl methyl sites for hydroxylation is 1. The van der Waals surface area contributed by atoms with Gasteiger partial charge in [-0.3, -0.25) is 14.3 Å². The Kier molecular flexibility index (Phi) is 3.95. The van der Waals surface area contributed by atoms with E-state index in [4.69, 9.17) is 19.1 Å². The van der Waals surface area contributed by atoms with Crippen molar-refractivity contribution in [2.75, 3.05) is 13.2 Å². The molecule has 0 spiro atoms. The summed E-state index contributed by atoms with van der Waals surface area (Å²) in [5.41, 5.74) is -1.54. The highest BCUT2D eigenvalue weighted by Crippen LogP contribution is 2.42. The molecule has 0 aromatic carbocycles. The van der Waals surface area contributed by atoms with Gasteiger partial charge in [0.15, 0.2) is 11.1 Å². The third kappa shape index (κ3) is 2.68. The molecule has 1 aromatic rings. The monoisotopic (exact) mass is 334 g/mol. The van der Waals surface area contributed by atoms with Crippen molar-refractivity contribution in [2.24, 2.45) is 0 Å². The van der Waals surface area contributed by atoms with Crippen LogP contribution in [-0.4, -0.2) is 50.1 Å². The van der Waals surface area contributed by atoms with E-state index in [9.17, 15) is 24.2 Å². The third-order valence-corrected chi connectivity index (χ3v) is 3.73. The molecular weight excluding hydrogens is 319 g/mol. The molecule has 3 N–H and O–H groups in total. The number of alkyl halides is 2. The van der Waals surface area contributed by atoms with Crippen LogP contribution in [0.25, 0.3) is 0 Å². The van der Waals surface area contributed by atoms with Crippen LogP contribution in [0.2, 0.25) is 0 Å². The predicted octanol–water partition coefficient (Wildman–Crippen LogP) is -0.954. The van der Waals surface area contributed by atoms with E-state index < -0.39 is 47.8 Å². The van der Waals surface area contributed by atoms with E-state index in [1.807, 2.05) is 10.9 Å². The standard InChI is InChI=1S/C13H14ClFN2O5/c1-7-5-9(19)16-12(21)17(7)11-13(14,3-2-4-15)10(20)8(6-18)22-11/h5,8,10-11,18,20H,4,6H2,1H3,(H,16,19,21)/t8-,10+,11-,13?/m1/s1/i6D2. The molecule has 120 valence electrons. The van der Waals surface area contributed by atoms with Gasteiger partial charge in [0.1, 0.15) is 18.9 Å². The molecule has 1 fully saturated rings. The van der Waals surface area contributed by atoms with E-state index in [-0.39, 0.29) is 5.69 Å². The summed E-state index contributed by atoms with van der Waals surface area (Å²) in [6.45, 7) is -2.73. The molecule has 9 heteroatoms. The first-order valence-electron chi connectivity index (χ1n) is 7.15. The van der Waals surface area contributed by atoms with Crippen LogP contribution < -0.4 is 11.2 Å². The molecular formula is C13H14ClFN2O5. The summed E-state index contributed by atoms with van der Waals surface area (Å²) in [5.74, 6) is 4.22. The number of H-pyrrole nitrogens is 1. The van der Waals surface area contributed by atoms with E-state index in [0.29, 0.717) is 0 Å². The number of nitrogens with one attached hydrogen (secondary N) is 1. The van der Waals surface area contributed by atoms with Crippen molar-refractivity contribution in [3.8, 4) is 11.8 Å². The smallest absolute Gasteiger partial charge is 0.330 e. The van der Waals surface area contributed by atoms with Crippen molar-refractivity contribution in [1.82, 2.24) is 9.55 Å². The molecule has 7 nitrogen and oxygen atoms in total. The van der Waals surface area contributed by atoms with Gasteiger partial charge in [-0.05, 0) is 6.92 Å². The quantitative estimate of drug-likeness (QED) is 0.477. The number of aromatic amines is 1. The molecule has 2 rings (SSSR count). The van der Waals surface area contributed by atoms with Crippen LogP contribution in [0.4, 0.5) is 4.39 Å². The fourth-order valence-corrected chi connectivity index (χ4v) is 2.58. The average molecular weight is 335 g/mol. The summed E-state index contributed by atoms with van der Waals surface area (Å²) < 4.78 is 33.1. The lowest BCUT2D eigenvalue weighted by molar-refractivity contribution is -0.0471. The molecule has 1 aromatic heterocycles.